The highest BCUT2D eigenvalue weighted by atomic mass is 16.4. The van der Waals surface area contributed by atoms with Gasteiger partial charge >= 0.3 is 5.97 Å². The summed E-state index contributed by atoms with van der Waals surface area (Å²) in [4.78, 5) is 21.7. The van der Waals surface area contributed by atoms with Gasteiger partial charge in [0.25, 0.3) is 0 Å². The van der Waals surface area contributed by atoms with Gasteiger partial charge in [-0.05, 0) is 6.42 Å². The monoisotopic (exact) mass is 217 g/mol. The third kappa shape index (κ3) is 6.06. The minimum atomic E-state index is -0.976. The van der Waals surface area contributed by atoms with Crippen LogP contribution in [-0.4, -0.2) is 35.2 Å². The first-order chi connectivity index (χ1) is 6.93. The minimum Gasteiger partial charge on any atom is -0.481 e. The first-order valence-corrected chi connectivity index (χ1v) is 5.03. The molecule has 0 aliphatic rings. The third-order valence-electron chi connectivity index (χ3n) is 2.15. The van der Waals surface area contributed by atoms with Crippen molar-refractivity contribution in [3.05, 3.63) is 0 Å². The molecule has 0 spiro atoms. The molecule has 0 heterocycles. The first-order valence-electron chi connectivity index (χ1n) is 5.03. The van der Waals surface area contributed by atoms with Crippen molar-refractivity contribution in [2.75, 3.05) is 13.2 Å². The average molecular weight is 217 g/mol. The van der Waals surface area contributed by atoms with E-state index < -0.39 is 11.4 Å². The lowest BCUT2D eigenvalue weighted by Crippen LogP contribution is -2.39. The Morgan fingerprint density at radius 1 is 1.40 bits per heavy atom. The molecule has 88 valence electrons. The van der Waals surface area contributed by atoms with E-state index in [0.29, 0.717) is 6.42 Å². The number of rotatable bonds is 7. The summed E-state index contributed by atoms with van der Waals surface area (Å²) >= 11 is 0. The molecule has 0 aromatic heterocycles. The first kappa shape index (κ1) is 13.9. The summed E-state index contributed by atoms with van der Waals surface area (Å²) < 4.78 is 0. The van der Waals surface area contributed by atoms with Crippen molar-refractivity contribution in [1.82, 2.24) is 5.32 Å². The highest BCUT2D eigenvalue weighted by molar-refractivity contribution is 5.76. The zero-order valence-corrected chi connectivity index (χ0v) is 9.25. The highest BCUT2D eigenvalue weighted by Gasteiger charge is 2.27. The van der Waals surface area contributed by atoms with Gasteiger partial charge in [0.2, 0.25) is 5.91 Å². The number of aliphatic hydroxyl groups excluding tert-OH is 1. The summed E-state index contributed by atoms with van der Waals surface area (Å²) in [5, 5.41) is 20.3. The molecule has 0 aliphatic carbocycles. The van der Waals surface area contributed by atoms with Crippen molar-refractivity contribution in [3.8, 4) is 0 Å². The molecule has 0 saturated heterocycles. The van der Waals surface area contributed by atoms with Crippen LogP contribution in [0.3, 0.4) is 0 Å². The third-order valence-corrected chi connectivity index (χ3v) is 2.15. The molecule has 1 atom stereocenters. The molecule has 0 aromatic rings. The van der Waals surface area contributed by atoms with Crippen LogP contribution >= 0.6 is 0 Å². The zero-order valence-electron chi connectivity index (χ0n) is 9.25. The number of amides is 1. The van der Waals surface area contributed by atoms with E-state index in [0.717, 1.165) is 6.42 Å². The quantitative estimate of drug-likeness (QED) is 0.575. The van der Waals surface area contributed by atoms with Crippen LogP contribution in [0.25, 0.3) is 0 Å². The van der Waals surface area contributed by atoms with Crippen molar-refractivity contribution in [2.24, 2.45) is 5.41 Å². The molecule has 0 bridgehead atoms. The number of hydrogen-bond donors (Lipinski definition) is 3. The second-order valence-electron chi connectivity index (χ2n) is 4.07. The Morgan fingerprint density at radius 2 is 2.00 bits per heavy atom. The molecule has 0 radical (unpaired) electrons. The van der Waals surface area contributed by atoms with Crippen LogP contribution < -0.4 is 5.32 Å². The van der Waals surface area contributed by atoms with Crippen molar-refractivity contribution >= 4 is 11.9 Å². The molecule has 0 saturated carbocycles. The van der Waals surface area contributed by atoms with E-state index in [1.807, 2.05) is 6.92 Å². The Kier molecular flexibility index (Phi) is 5.93. The number of nitrogens with one attached hydrogen (secondary N) is 1. The van der Waals surface area contributed by atoms with Gasteiger partial charge in [0, 0.05) is 18.4 Å². The summed E-state index contributed by atoms with van der Waals surface area (Å²) in [5.41, 5.74) is -0.783. The van der Waals surface area contributed by atoms with Crippen LogP contribution in [0, 0.1) is 5.41 Å². The molecule has 0 rings (SSSR count). The van der Waals surface area contributed by atoms with Gasteiger partial charge in [0.15, 0.2) is 0 Å². The molecule has 5 nitrogen and oxygen atoms in total. The van der Waals surface area contributed by atoms with Crippen LogP contribution in [0.15, 0.2) is 0 Å². The summed E-state index contributed by atoms with van der Waals surface area (Å²) in [7, 11) is 0. The van der Waals surface area contributed by atoms with Gasteiger partial charge in [0.05, 0.1) is 13.0 Å². The molecule has 3 N–H and O–H groups in total. The van der Waals surface area contributed by atoms with Crippen LogP contribution in [-0.2, 0) is 9.59 Å². The average Bonchev–Trinajstić information content (AvgIpc) is 2.14. The van der Waals surface area contributed by atoms with Gasteiger partial charge in [-0.25, -0.2) is 0 Å². The summed E-state index contributed by atoms with van der Waals surface area (Å²) in [6, 6.07) is 0. The highest BCUT2D eigenvalue weighted by Crippen LogP contribution is 2.19. The van der Waals surface area contributed by atoms with Gasteiger partial charge in [-0.15, -0.1) is 0 Å². The molecule has 1 unspecified atom stereocenters. The smallest absolute Gasteiger partial charge is 0.304 e. The number of aliphatic hydroxyl groups is 1. The fourth-order valence-electron chi connectivity index (χ4n) is 1.17. The molecule has 0 fully saturated rings. The molecule has 5 heteroatoms. The number of carboxylic acids is 1. The Hall–Kier alpha value is -1.10. The van der Waals surface area contributed by atoms with Crippen molar-refractivity contribution in [3.63, 3.8) is 0 Å². The van der Waals surface area contributed by atoms with E-state index in [1.165, 1.54) is 0 Å². The molecule has 0 aliphatic heterocycles. The second kappa shape index (κ2) is 6.40. The summed E-state index contributed by atoms with van der Waals surface area (Å²) in [6.45, 7) is 3.45. The maximum absolute atomic E-state index is 11.2. The van der Waals surface area contributed by atoms with Gasteiger partial charge in [0.1, 0.15) is 0 Å². The number of carboxylic acid groups (broad SMARTS) is 1. The molecule has 1 amide bonds. The van der Waals surface area contributed by atoms with E-state index in [-0.39, 0.29) is 25.5 Å². The van der Waals surface area contributed by atoms with Crippen molar-refractivity contribution < 1.29 is 19.8 Å². The molecule has 0 aromatic carbocycles. The molecular formula is C10H19NO4. The zero-order chi connectivity index (χ0) is 11.9. The minimum absolute atomic E-state index is 0.109. The predicted octanol–water partition coefficient (Wildman–Crippen LogP) is 0.376. The van der Waals surface area contributed by atoms with E-state index in [9.17, 15) is 9.59 Å². The number of carbonyl (C=O) groups excluding carboxylic acids is 1. The van der Waals surface area contributed by atoms with E-state index >= 15 is 0 Å². The summed E-state index contributed by atoms with van der Waals surface area (Å²) in [6.07, 6.45) is 1.02. The Bertz CT molecular complexity index is 229. The number of carbonyl (C=O) groups is 2. The lowest BCUT2D eigenvalue weighted by Gasteiger charge is -2.25. The van der Waals surface area contributed by atoms with Crippen molar-refractivity contribution in [2.45, 2.75) is 33.1 Å². The Morgan fingerprint density at radius 3 is 2.40 bits per heavy atom. The number of aliphatic carboxylic acids is 1. The lowest BCUT2D eigenvalue weighted by molar-refractivity contribution is -0.140. The van der Waals surface area contributed by atoms with E-state index in [4.69, 9.17) is 10.2 Å². The standard InChI is InChI=1S/C10H19NO4/c1-3-4-8(13)11-6-10(2,7-12)5-9(14)15/h12H,3-7H2,1-2H3,(H,11,13)(H,14,15). The second-order valence-corrected chi connectivity index (χ2v) is 4.07. The van der Waals surface area contributed by atoms with Crippen LogP contribution in [0.5, 0.6) is 0 Å². The van der Waals surface area contributed by atoms with Gasteiger partial charge in [-0.1, -0.05) is 13.8 Å². The van der Waals surface area contributed by atoms with Gasteiger partial charge < -0.3 is 15.5 Å². The SMILES string of the molecule is CCCC(=O)NCC(C)(CO)CC(=O)O. The van der Waals surface area contributed by atoms with Crippen LogP contribution in [0.4, 0.5) is 0 Å². The predicted molar refractivity (Wildman–Crippen MR) is 55.4 cm³/mol. The number of hydrogen-bond acceptors (Lipinski definition) is 3. The fourth-order valence-corrected chi connectivity index (χ4v) is 1.17. The lowest BCUT2D eigenvalue weighted by atomic mass is 9.87. The van der Waals surface area contributed by atoms with Gasteiger partial charge in [-0.2, -0.15) is 0 Å². The molecule has 15 heavy (non-hydrogen) atoms. The Balaban J connectivity index is 4.08. The van der Waals surface area contributed by atoms with Crippen molar-refractivity contribution in [1.29, 1.82) is 0 Å². The topological polar surface area (TPSA) is 86.6 Å². The van der Waals surface area contributed by atoms with E-state index in [1.54, 1.807) is 6.92 Å². The molecular weight excluding hydrogens is 198 g/mol. The summed E-state index contributed by atoms with van der Waals surface area (Å²) in [5.74, 6) is -1.08. The maximum Gasteiger partial charge on any atom is 0.304 e. The van der Waals surface area contributed by atoms with Crippen LogP contribution in [0.1, 0.15) is 33.1 Å². The van der Waals surface area contributed by atoms with Gasteiger partial charge in [-0.3, -0.25) is 9.59 Å². The largest absolute Gasteiger partial charge is 0.481 e. The Labute approximate surface area is 89.5 Å². The normalized spacial score (nSPS) is 14.3. The fraction of sp³-hybridized carbons (Fsp3) is 0.800. The van der Waals surface area contributed by atoms with E-state index in [2.05, 4.69) is 5.32 Å². The maximum atomic E-state index is 11.2. The van der Waals surface area contributed by atoms with Crippen LogP contribution in [0.2, 0.25) is 0 Å².